The molecule has 39 heavy (non-hydrogen) atoms. The monoisotopic (exact) mass is 536 g/mol. The lowest BCUT2D eigenvalue weighted by Gasteiger charge is -2.40. The number of phenolic OH excluding ortho intramolecular Hbond substituents is 4. The number of rotatable bonds is 4. The Morgan fingerprint density at radius 1 is 1.03 bits per heavy atom. The van der Waals surface area contributed by atoms with Crippen molar-refractivity contribution in [1.82, 2.24) is 0 Å². The quantitative estimate of drug-likeness (QED) is 0.364. The van der Waals surface area contributed by atoms with E-state index < -0.39 is 57.5 Å². The lowest BCUT2D eigenvalue weighted by Crippen LogP contribution is -2.53. The molecule has 0 radical (unpaired) electrons. The molecule has 2 aliphatic carbocycles. The zero-order chi connectivity index (χ0) is 28.9. The molecule has 5 rings (SSSR count). The number of carbonyl (C=O) groups excluding carboxylic acids is 3. The summed E-state index contributed by atoms with van der Waals surface area (Å²) < 4.78 is 11.2. The van der Waals surface area contributed by atoms with Crippen molar-refractivity contribution < 1.29 is 49.4 Å². The summed E-state index contributed by atoms with van der Waals surface area (Å²) in [6.45, 7) is 7.74. The highest BCUT2D eigenvalue weighted by molar-refractivity contribution is 6.26. The van der Waals surface area contributed by atoms with Crippen LogP contribution in [0, 0.1) is 5.41 Å². The molecule has 2 atom stereocenters. The third kappa shape index (κ3) is 3.03. The Morgan fingerprint density at radius 2 is 1.64 bits per heavy atom. The molecule has 0 bridgehead atoms. The van der Waals surface area contributed by atoms with Gasteiger partial charge in [0.05, 0.1) is 23.8 Å². The van der Waals surface area contributed by atoms with E-state index in [0.717, 1.165) is 7.11 Å². The van der Waals surface area contributed by atoms with Gasteiger partial charge in [-0.3, -0.25) is 14.4 Å². The van der Waals surface area contributed by atoms with Crippen LogP contribution in [0.25, 0.3) is 5.57 Å². The molecule has 10 heteroatoms. The van der Waals surface area contributed by atoms with Gasteiger partial charge in [0.25, 0.3) is 0 Å². The number of Topliss-reactive ketones (excluding diaryl/α,β-unsaturated/α-hetero) is 3. The highest BCUT2D eigenvalue weighted by Crippen LogP contribution is 2.61. The van der Waals surface area contributed by atoms with Crippen molar-refractivity contribution in [1.29, 1.82) is 0 Å². The molecule has 1 saturated heterocycles. The Kier molecular flexibility index (Phi) is 5.46. The maximum absolute atomic E-state index is 14.0. The third-order valence-corrected chi connectivity index (χ3v) is 8.53. The summed E-state index contributed by atoms with van der Waals surface area (Å²) in [6.07, 6.45) is -1.04. The minimum absolute atomic E-state index is 0.0112. The Balaban J connectivity index is 1.90. The van der Waals surface area contributed by atoms with Crippen LogP contribution in [0.5, 0.6) is 28.7 Å². The van der Waals surface area contributed by atoms with E-state index >= 15 is 0 Å². The number of ether oxygens (including phenoxy) is 2. The van der Waals surface area contributed by atoms with Crippen LogP contribution >= 0.6 is 0 Å². The van der Waals surface area contributed by atoms with E-state index in [1.807, 2.05) is 0 Å². The van der Waals surface area contributed by atoms with Crippen LogP contribution in [0.1, 0.15) is 76.8 Å². The van der Waals surface area contributed by atoms with Gasteiger partial charge >= 0.3 is 0 Å². The van der Waals surface area contributed by atoms with Crippen LogP contribution in [-0.4, -0.2) is 61.7 Å². The van der Waals surface area contributed by atoms with Gasteiger partial charge in [0.1, 0.15) is 23.4 Å². The lowest BCUT2D eigenvalue weighted by atomic mass is 9.62. The van der Waals surface area contributed by atoms with Crippen molar-refractivity contribution in [2.45, 2.75) is 52.7 Å². The minimum atomic E-state index is -2.24. The number of methoxy groups -OCH3 is 1. The lowest BCUT2D eigenvalue weighted by molar-refractivity contribution is -0.00671. The van der Waals surface area contributed by atoms with Crippen molar-refractivity contribution in [2.75, 3.05) is 7.11 Å². The standard InChI is InChI=1S/C29H28O10/c1-10-14(9-15-16(31)8-7-13(11(2)30)21(15)32)22(33)19-18-17(10)27-29(37,28(4,5)12(3)39-27)26(36)20(18)24(35)25(38-6)23(19)34/h7-8,12,31-32,34-35,37H,9H2,1-6H3/t12-,29?/m0/s1. The summed E-state index contributed by atoms with van der Waals surface area (Å²) in [7, 11) is 1.14. The largest absolute Gasteiger partial charge is 0.508 e. The van der Waals surface area contributed by atoms with E-state index in [-0.39, 0.29) is 62.5 Å². The van der Waals surface area contributed by atoms with Crippen LogP contribution < -0.4 is 4.74 Å². The highest BCUT2D eigenvalue weighted by atomic mass is 16.5. The van der Waals surface area contributed by atoms with Gasteiger partial charge in [0, 0.05) is 34.1 Å². The maximum atomic E-state index is 14.0. The van der Waals surface area contributed by atoms with Gasteiger partial charge in [-0.05, 0) is 38.5 Å². The Labute approximate surface area is 223 Å². The fraction of sp³-hybridized carbons (Fsp3) is 0.345. The second-order valence-corrected chi connectivity index (χ2v) is 10.7. The first-order valence-electron chi connectivity index (χ1n) is 12.3. The average Bonchev–Trinajstić information content (AvgIpc) is 3.03. The SMILES string of the molecule is COc1c(O)c2c3c(c1O)C(=O)C1(O)C(=C3C(C)=C(Cc3c(O)ccc(C(C)=O)c3O)C2=O)O[C@@H](C)C1(C)C. The second-order valence-electron chi connectivity index (χ2n) is 10.7. The number of aliphatic hydroxyl groups is 1. The first-order valence-corrected chi connectivity index (χ1v) is 12.3. The summed E-state index contributed by atoms with van der Waals surface area (Å²) >= 11 is 0. The zero-order valence-electron chi connectivity index (χ0n) is 22.2. The van der Waals surface area contributed by atoms with Crippen LogP contribution in [0.4, 0.5) is 0 Å². The van der Waals surface area contributed by atoms with Crippen molar-refractivity contribution in [3.05, 3.63) is 56.9 Å². The van der Waals surface area contributed by atoms with E-state index in [0.29, 0.717) is 0 Å². The predicted octanol–water partition coefficient (Wildman–Crippen LogP) is 3.56. The summed E-state index contributed by atoms with van der Waals surface area (Å²) in [5.41, 5.74) is -4.07. The number of phenols is 4. The second kappa shape index (κ2) is 8.09. The fourth-order valence-corrected chi connectivity index (χ4v) is 5.82. The molecule has 0 amide bonds. The molecular formula is C29H28O10. The van der Waals surface area contributed by atoms with Crippen molar-refractivity contribution in [2.24, 2.45) is 5.41 Å². The summed E-state index contributed by atoms with van der Waals surface area (Å²) in [6, 6.07) is 2.48. The molecule has 1 fully saturated rings. The molecular weight excluding hydrogens is 508 g/mol. The highest BCUT2D eigenvalue weighted by Gasteiger charge is 2.66. The molecule has 10 nitrogen and oxygen atoms in total. The first kappa shape index (κ1) is 26.3. The molecule has 1 unspecified atom stereocenters. The van der Waals surface area contributed by atoms with Crippen LogP contribution in [-0.2, 0) is 11.2 Å². The molecule has 2 aromatic carbocycles. The molecule has 1 aliphatic heterocycles. The fourth-order valence-electron chi connectivity index (χ4n) is 5.82. The van der Waals surface area contributed by atoms with Crippen molar-refractivity contribution >= 4 is 22.9 Å². The van der Waals surface area contributed by atoms with Crippen molar-refractivity contribution in [3.8, 4) is 28.7 Å². The van der Waals surface area contributed by atoms with E-state index in [4.69, 9.17) is 9.47 Å². The van der Waals surface area contributed by atoms with Crippen LogP contribution in [0.15, 0.2) is 29.0 Å². The van der Waals surface area contributed by atoms with Gasteiger partial charge in [0.15, 0.2) is 28.7 Å². The van der Waals surface area contributed by atoms with E-state index in [2.05, 4.69) is 0 Å². The van der Waals surface area contributed by atoms with Gasteiger partial charge in [0.2, 0.25) is 11.5 Å². The zero-order valence-corrected chi connectivity index (χ0v) is 22.2. The van der Waals surface area contributed by atoms with Gasteiger partial charge in [-0.2, -0.15) is 0 Å². The molecule has 5 N–H and O–H groups in total. The Bertz CT molecular complexity index is 1610. The first-order chi connectivity index (χ1) is 18.1. The smallest absolute Gasteiger partial charge is 0.207 e. The molecule has 0 aromatic heterocycles. The topological polar surface area (TPSA) is 171 Å². The molecule has 0 spiro atoms. The Morgan fingerprint density at radius 3 is 2.23 bits per heavy atom. The molecule has 3 aliphatic rings. The molecule has 204 valence electrons. The summed E-state index contributed by atoms with van der Waals surface area (Å²) in [4.78, 5) is 39.9. The molecule has 1 heterocycles. The maximum Gasteiger partial charge on any atom is 0.207 e. The molecule has 2 aromatic rings. The number of hydrogen-bond donors (Lipinski definition) is 5. The number of aromatic hydroxyl groups is 4. The summed E-state index contributed by atoms with van der Waals surface area (Å²) in [5.74, 6) is -5.11. The van der Waals surface area contributed by atoms with E-state index in [1.165, 1.54) is 19.1 Å². The van der Waals surface area contributed by atoms with Gasteiger partial charge in [-0.1, -0.05) is 13.8 Å². The number of fused-ring (bicyclic) bond motifs is 1. The van der Waals surface area contributed by atoms with Gasteiger partial charge in [-0.25, -0.2) is 0 Å². The number of ketones is 3. The predicted molar refractivity (Wildman–Crippen MR) is 137 cm³/mol. The van der Waals surface area contributed by atoms with Crippen LogP contribution in [0.3, 0.4) is 0 Å². The van der Waals surface area contributed by atoms with E-state index in [9.17, 15) is 39.9 Å². The minimum Gasteiger partial charge on any atom is -0.508 e. The number of carbonyl (C=O) groups is 3. The van der Waals surface area contributed by atoms with Crippen LogP contribution in [0.2, 0.25) is 0 Å². The van der Waals surface area contributed by atoms with Gasteiger partial charge in [-0.15, -0.1) is 0 Å². The van der Waals surface area contributed by atoms with E-state index in [1.54, 1.807) is 27.7 Å². The molecule has 0 saturated carbocycles. The number of allylic oxidation sites excluding steroid dienone is 3. The number of hydrogen-bond acceptors (Lipinski definition) is 10. The van der Waals surface area contributed by atoms with Crippen molar-refractivity contribution in [3.63, 3.8) is 0 Å². The third-order valence-electron chi connectivity index (χ3n) is 8.53. The number of benzene rings is 2. The normalized spacial score (nSPS) is 23.0. The van der Waals surface area contributed by atoms with Gasteiger partial charge < -0.3 is 35.0 Å². The Hall–Kier alpha value is -4.31. The average molecular weight is 537 g/mol. The summed E-state index contributed by atoms with van der Waals surface area (Å²) in [5, 5.41) is 55.4.